The van der Waals surface area contributed by atoms with Gasteiger partial charge in [0.05, 0.1) is 26.9 Å². The first-order chi connectivity index (χ1) is 15.9. The molecule has 0 radical (unpaired) electrons. The smallest absolute Gasteiger partial charge is 0.200 e. The lowest BCUT2D eigenvalue weighted by atomic mass is 9.99. The number of fused-ring (bicyclic) bond motifs is 1. The van der Waals surface area contributed by atoms with Crippen LogP contribution in [0.15, 0.2) is 68.9 Å². The zero-order valence-electron chi connectivity index (χ0n) is 20.3. The fourth-order valence-corrected chi connectivity index (χ4v) is 3.77. The summed E-state index contributed by atoms with van der Waals surface area (Å²) in [6.45, 7) is 6.29. The van der Waals surface area contributed by atoms with E-state index >= 15 is 0 Å². The van der Waals surface area contributed by atoms with E-state index in [0.717, 1.165) is 12.8 Å². The van der Waals surface area contributed by atoms with Crippen molar-refractivity contribution in [3.05, 3.63) is 75.5 Å². The highest BCUT2D eigenvalue weighted by atomic mass is 16.5. The largest absolute Gasteiger partial charge is 0.497 e. The summed E-state index contributed by atoms with van der Waals surface area (Å²) in [5.74, 6) is 2.23. The molecular formula is C28H32O5. The van der Waals surface area contributed by atoms with Crippen LogP contribution in [-0.4, -0.2) is 21.3 Å². The lowest BCUT2D eigenvalue weighted by molar-refractivity contribution is 0.394. The predicted octanol–water partition coefficient (Wildman–Crippen LogP) is 6.72. The van der Waals surface area contributed by atoms with Crippen molar-refractivity contribution in [3.8, 4) is 28.6 Å². The molecule has 0 aliphatic heterocycles. The summed E-state index contributed by atoms with van der Waals surface area (Å²) in [6.07, 6.45) is 6.69. The molecule has 0 spiro atoms. The molecule has 2 aromatic carbocycles. The number of methoxy groups -OCH3 is 3. The highest BCUT2D eigenvalue weighted by Gasteiger charge is 2.21. The quantitative estimate of drug-likeness (QED) is 0.340. The summed E-state index contributed by atoms with van der Waals surface area (Å²) in [4.78, 5) is 13.7. The average Bonchev–Trinajstić information content (AvgIpc) is 2.82. The van der Waals surface area contributed by atoms with E-state index in [-0.39, 0.29) is 5.43 Å². The first kappa shape index (κ1) is 24.2. The summed E-state index contributed by atoms with van der Waals surface area (Å²) in [6, 6.07) is 10.8. The standard InChI is InChI=1S/C28H32O5/c1-18(2)9-7-10-19(3)13-15-22-27(29)26-23(31-5)11-8-12-24(26)33-28(22)21-16-14-20(30-4)17-25(21)32-6/h8-9,11-14,16-17H,7,10,15H2,1-6H3/b19-13+. The predicted molar refractivity (Wildman–Crippen MR) is 134 cm³/mol. The molecule has 0 unspecified atom stereocenters. The van der Waals surface area contributed by atoms with Gasteiger partial charge in [0.15, 0.2) is 0 Å². The molecule has 5 nitrogen and oxygen atoms in total. The normalized spacial score (nSPS) is 11.4. The second-order valence-electron chi connectivity index (χ2n) is 8.21. The number of allylic oxidation sites excluding steroid dienone is 4. The van der Waals surface area contributed by atoms with E-state index < -0.39 is 0 Å². The Morgan fingerprint density at radius 1 is 0.939 bits per heavy atom. The van der Waals surface area contributed by atoms with Gasteiger partial charge in [0, 0.05) is 11.6 Å². The zero-order valence-corrected chi connectivity index (χ0v) is 20.3. The molecule has 1 aromatic heterocycles. The minimum Gasteiger partial charge on any atom is -0.497 e. The molecule has 0 N–H and O–H groups in total. The third-order valence-corrected chi connectivity index (χ3v) is 5.59. The Balaban J connectivity index is 2.18. The van der Waals surface area contributed by atoms with Crippen LogP contribution in [0.2, 0.25) is 0 Å². The molecule has 3 rings (SSSR count). The Morgan fingerprint density at radius 2 is 1.70 bits per heavy atom. The van der Waals surface area contributed by atoms with Gasteiger partial charge in [0.2, 0.25) is 5.43 Å². The summed E-state index contributed by atoms with van der Waals surface area (Å²) in [7, 11) is 4.75. The SMILES string of the molecule is COc1ccc(-c2oc3cccc(OC)c3c(=O)c2C/C=C(\C)CCC=C(C)C)c(OC)c1. The Hall–Kier alpha value is -3.47. The molecule has 3 aromatic rings. The number of ether oxygens (including phenoxy) is 3. The highest BCUT2D eigenvalue weighted by molar-refractivity contribution is 5.87. The molecule has 0 saturated heterocycles. The molecule has 5 heteroatoms. The molecule has 174 valence electrons. The van der Waals surface area contributed by atoms with Crippen LogP contribution in [0.25, 0.3) is 22.3 Å². The number of hydrogen-bond acceptors (Lipinski definition) is 5. The van der Waals surface area contributed by atoms with Gasteiger partial charge in [0.25, 0.3) is 0 Å². The fourth-order valence-electron chi connectivity index (χ4n) is 3.77. The lowest BCUT2D eigenvalue weighted by Gasteiger charge is -2.14. The van der Waals surface area contributed by atoms with Crippen LogP contribution < -0.4 is 19.6 Å². The van der Waals surface area contributed by atoms with Crippen LogP contribution in [-0.2, 0) is 6.42 Å². The van der Waals surface area contributed by atoms with E-state index in [2.05, 4.69) is 32.9 Å². The van der Waals surface area contributed by atoms with Gasteiger partial charge in [-0.3, -0.25) is 4.79 Å². The van der Waals surface area contributed by atoms with Crippen LogP contribution in [0, 0.1) is 0 Å². The number of rotatable bonds is 9. The Morgan fingerprint density at radius 3 is 2.36 bits per heavy atom. The Bertz CT molecular complexity index is 1240. The van der Waals surface area contributed by atoms with E-state index in [4.69, 9.17) is 18.6 Å². The number of benzene rings is 2. The van der Waals surface area contributed by atoms with E-state index in [1.165, 1.54) is 11.1 Å². The van der Waals surface area contributed by atoms with Crippen molar-refractivity contribution >= 4 is 11.0 Å². The van der Waals surface area contributed by atoms with Gasteiger partial charge in [0.1, 0.15) is 34.0 Å². The maximum atomic E-state index is 13.7. The van der Waals surface area contributed by atoms with Crippen LogP contribution >= 0.6 is 0 Å². The van der Waals surface area contributed by atoms with Crippen molar-refractivity contribution in [1.29, 1.82) is 0 Å². The summed E-state index contributed by atoms with van der Waals surface area (Å²) in [5.41, 5.74) is 4.16. The zero-order chi connectivity index (χ0) is 24.0. The molecule has 0 amide bonds. The maximum absolute atomic E-state index is 13.7. The third-order valence-electron chi connectivity index (χ3n) is 5.59. The topological polar surface area (TPSA) is 57.9 Å². The van der Waals surface area contributed by atoms with E-state index in [0.29, 0.717) is 51.5 Å². The first-order valence-electron chi connectivity index (χ1n) is 11.0. The van der Waals surface area contributed by atoms with E-state index in [1.807, 2.05) is 18.2 Å². The van der Waals surface area contributed by atoms with Crippen molar-refractivity contribution in [3.63, 3.8) is 0 Å². The molecule has 0 atom stereocenters. The van der Waals surface area contributed by atoms with Gasteiger partial charge in [-0.25, -0.2) is 0 Å². The second-order valence-corrected chi connectivity index (χ2v) is 8.21. The van der Waals surface area contributed by atoms with Crippen LogP contribution in [0.3, 0.4) is 0 Å². The minimum atomic E-state index is -0.102. The monoisotopic (exact) mass is 448 g/mol. The Kier molecular flexibility index (Phi) is 7.99. The lowest BCUT2D eigenvalue weighted by Crippen LogP contribution is -2.12. The van der Waals surface area contributed by atoms with Crippen molar-refractivity contribution in [2.75, 3.05) is 21.3 Å². The van der Waals surface area contributed by atoms with Gasteiger partial charge in [-0.15, -0.1) is 0 Å². The number of hydrogen-bond donors (Lipinski definition) is 0. The minimum absolute atomic E-state index is 0.102. The van der Waals surface area contributed by atoms with Crippen molar-refractivity contribution in [2.45, 2.75) is 40.0 Å². The molecule has 0 fully saturated rings. The maximum Gasteiger partial charge on any atom is 0.200 e. The summed E-state index contributed by atoms with van der Waals surface area (Å²) in [5, 5.41) is 0.446. The van der Waals surface area contributed by atoms with Crippen molar-refractivity contribution in [1.82, 2.24) is 0 Å². The average molecular weight is 449 g/mol. The van der Waals surface area contributed by atoms with Gasteiger partial charge in [-0.05, 0) is 64.3 Å². The van der Waals surface area contributed by atoms with Crippen molar-refractivity contribution < 1.29 is 18.6 Å². The fraction of sp³-hybridized carbons (Fsp3) is 0.321. The highest BCUT2D eigenvalue weighted by Crippen LogP contribution is 2.37. The van der Waals surface area contributed by atoms with Crippen LogP contribution in [0.5, 0.6) is 17.2 Å². The molecule has 0 aliphatic carbocycles. The van der Waals surface area contributed by atoms with Gasteiger partial charge < -0.3 is 18.6 Å². The van der Waals surface area contributed by atoms with E-state index in [9.17, 15) is 4.79 Å². The van der Waals surface area contributed by atoms with Gasteiger partial charge in [-0.2, -0.15) is 0 Å². The van der Waals surface area contributed by atoms with Gasteiger partial charge >= 0.3 is 0 Å². The first-order valence-corrected chi connectivity index (χ1v) is 11.0. The third kappa shape index (κ3) is 5.48. The molecule has 0 bridgehead atoms. The molecule has 0 aliphatic rings. The molecule has 1 heterocycles. The molecule has 33 heavy (non-hydrogen) atoms. The van der Waals surface area contributed by atoms with Crippen LogP contribution in [0.4, 0.5) is 0 Å². The Labute approximate surface area is 195 Å². The van der Waals surface area contributed by atoms with Crippen LogP contribution in [0.1, 0.15) is 39.2 Å². The van der Waals surface area contributed by atoms with E-state index in [1.54, 1.807) is 39.5 Å². The van der Waals surface area contributed by atoms with Crippen molar-refractivity contribution in [2.24, 2.45) is 0 Å². The second kappa shape index (κ2) is 10.9. The molecular weight excluding hydrogens is 416 g/mol. The summed E-state index contributed by atoms with van der Waals surface area (Å²) >= 11 is 0. The van der Waals surface area contributed by atoms with Gasteiger partial charge in [-0.1, -0.05) is 29.4 Å². The summed E-state index contributed by atoms with van der Waals surface area (Å²) < 4.78 is 22.7. The molecule has 0 saturated carbocycles.